The van der Waals surface area contributed by atoms with Crippen LogP contribution in [0.3, 0.4) is 0 Å². The van der Waals surface area contributed by atoms with Crippen molar-refractivity contribution >= 4 is 11.9 Å². The third-order valence-corrected chi connectivity index (χ3v) is 3.83. The van der Waals surface area contributed by atoms with Crippen molar-refractivity contribution in [3.8, 4) is 0 Å². The van der Waals surface area contributed by atoms with Gasteiger partial charge in [-0.15, -0.1) is 0 Å². The zero-order chi connectivity index (χ0) is 16.9. The SMILES string of the molecule is O=C(CNC(=O)NC1CC1c1cccc(F)c1)NCc1ccco1. The number of carbonyl (C=O) groups excluding carboxylic acids is 2. The molecule has 24 heavy (non-hydrogen) atoms. The van der Waals surface area contributed by atoms with Crippen LogP contribution < -0.4 is 16.0 Å². The number of furan rings is 1. The van der Waals surface area contributed by atoms with Gasteiger partial charge in [0.1, 0.15) is 11.6 Å². The van der Waals surface area contributed by atoms with E-state index < -0.39 is 6.03 Å². The zero-order valence-electron chi connectivity index (χ0n) is 12.9. The molecule has 1 heterocycles. The molecule has 2 atom stereocenters. The second kappa shape index (κ2) is 7.16. The summed E-state index contributed by atoms with van der Waals surface area (Å²) in [5, 5.41) is 7.91. The molecule has 1 aliphatic rings. The maximum Gasteiger partial charge on any atom is 0.315 e. The summed E-state index contributed by atoms with van der Waals surface area (Å²) in [5.74, 6) is 0.179. The molecule has 0 spiro atoms. The first-order chi connectivity index (χ1) is 11.6. The van der Waals surface area contributed by atoms with Crippen molar-refractivity contribution in [1.29, 1.82) is 0 Å². The van der Waals surface area contributed by atoms with Crippen molar-refractivity contribution in [3.63, 3.8) is 0 Å². The standard InChI is InChI=1S/C17H18FN3O3/c18-12-4-1-3-11(7-12)14-8-15(14)21-17(23)20-10-16(22)19-9-13-5-2-6-24-13/h1-7,14-15H,8-10H2,(H,19,22)(H2,20,21,23). The number of carbonyl (C=O) groups is 2. The van der Waals surface area contributed by atoms with Crippen molar-refractivity contribution in [3.05, 3.63) is 59.8 Å². The molecule has 1 fully saturated rings. The van der Waals surface area contributed by atoms with E-state index in [2.05, 4.69) is 16.0 Å². The molecule has 1 aromatic heterocycles. The van der Waals surface area contributed by atoms with Gasteiger partial charge in [0.25, 0.3) is 0 Å². The van der Waals surface area contributed by atoms with Crippen molar-refractivity contribution in [2.45, 2.75) is 24.9 Å². The van der Waals surface area contributed by atoms with Crippen LogP contribution in [-0.4, -0.2) is 24.5 Å². The Hall–Kier alpha value is -2.83. The van der Waals surface area contributed by atoms with Gasteiger partial charge in [-0.2, -0.15) is 0 Å². The van der Waals surface area contributed by atoms with E-state index >= 15 is 0 Å². The molecule has 126 valence electrons. The molecule has 0 saturated heterocycles. The Kier molecular flexibility index (Phi) is 4.79. The molecule has 7 heteroatoms. The van der Waals surface area contributed by atoms with E-state index in [1.165, 1.54) is 18.4 Å². The number of amides is 3. The highest BCUT2D eigenvalue weighted by Crippen LogP contribution is 2.40. The first-order valence-electron chi connectivity index (χ1n) is 7.71. The summed E-state index contributed by atoms with van der Waals surface area (Å²) in [5.41, 5.74) is 0.872. The monoisotopic (exact) mass is 331 g/mol. The first-order valence-corrected chi connectivity index (χ1v) is 7.71. The molecule has 2 unspecified atom stereocenters. The number of urea groups is 1. The van der Waals surface area contributed by atoms with Crippen LogP contribution in [0, 0.1) is 5.82 Å². The van der Waals surface area contributed by atoms with Crippen LogP contribution in [0.2, 0.25) is 0 Å². The van der Waals surface area contributed by atoms with E-state index in [1.807, 2.05) is 6.07 Å². The number of benzene rings is 1. The molecular formula is C17H18FN3O3. The fraction of sp³-hybridized carbons (Fsp3) is 0.294. The molecule has 1 aliphatic carbocycles. The van der Waals surface area contributed by atoms with Crippen LogP contribution in [0.4, 0.5) is 9.18 Å². The van der Waals surface area contributed by atoms with Crippen LogP contribution in [0.15, 0.2) is 47.1 Å². The van der Waals surface area contributed by atoms with Gasteiger partial charge in [-0.1, -0.05) is 12.1 Å². The minimum atomic E-state index is -0.410. The van der Waals surface area contributed by atoms with Crippen molar-refractivity contribution in [2.75, 3.05) is 6.54 Å². The Morgan fingerprint density at radius 2 is 2.08 bits per heavy atom. The third-order valence-electron chi connectivity index (χ3n) is 3.83. The molecule has 0 radical (unpaired) electrons. The fourth-order valence-electron chi connectivity index (χ4n) is 2.50. The summed E-state index contributed by atoms with van der Waals surface area (Å²) >= 11 is 0. The van der Waals surface area contributed by atoms with Gasteiger partial charge in [0.2, 0.25) is 5.91 Å². The van der Waals surface area contributed by atoms with Gasteiger partial charge >= 0.3 is 6.03 Å². The summed E-state index contributed by atoms with van der Waals surface area (Å²) in [6.45, 7) is 0.156. The number of halogens is 1. The van der Waals surface area contributed by atoms with Crippen LogP contribution in [0.1, 0.15) is 23.7 Å². The summed E-state index contributed by atoms with van der Waals surface area (Å²) in [7, 11) is 0. The summed E-state index contributed by atoms with van der Waals surface area (Å²) in [6.07, 6.45) is 2.29. The van der Waals surface area contributed by atoms with Crippen molar-refractivity contribution < 1.29 is 18.4 Å². The Labute approximate surface area is 138 Å². The Morgan fingerprint density at radius 3 is 2.83 bits per heavy atom. The fourth-order valence-corrected chi connectivity index (χ4v) is 2.50. The Morgan fingerprint density at radius 1 is 1.21 bits per heavy atom. The lowest BCUT2D eigenvalue weighted by Crippen LogP contribution is -2.42. The number of hydrogen-bond acceptors (Lipinski definition) is 3. The normalized spacial score (nSPS) is 18.7. The second-order valence-electron chi connectivity index (χ2n) is 5.69. The van der Waals surface area contributed by atoms with E-state index in [9.17, 15) is 14.0 Å². The van der Waals surface area contributed by atoms with Crippen LogP contribution in [-0.2, 0) is 11.3 Å². The maximum atomic E-state index is 13.2. The molecule has 3 rings (SSSR count). The molecule has 2 aromatic rings. The van der Waals surface area contributed by atoms with Crippen molar-refractivity contribution in [2.24, 2.45) is 0 Å². The Balaban J connectivity index is 1.35. The topological polar surface area (TPSA) is 83.4 Å². The lowest BCUT2D eigenvalue weighted by molar-refractivity contribution is -0.120. The summed E-state index contributed by atoms with van der Waals surface area (Å²) < 4.78 is 18.3. The van der Waals surface area contributed by atoms with Crippen LogP contribution in [0.25, 0.3) is 0 Å². The zero-order valence-corrected chi connectivity index (χ0v) is 12.9. The van der Waals surface area contributed by atoms with E-state index in [1.54, 1.807) is 18.2 Å². The minimum Gasteiger partial charge on any atom is -0.467 e. The molecule has 1 saturated carbocycles. The average Bonchev–Trinajstić information content (AvgIpc) is 3.12. The van der Waals surface area contributed by atoms with Gasteiger partial charge < -0.3 is 20.4 Å². The molecule has 1 aromatic carbocycles. The predicted octanol–water partition coefficient (Wildman–Crippen LogP) is 1.89. The average molecular weight is 331 g/mol. The van der Waals surface area contributed by atoms with Gasteiger partial charge in [0, 0.05) is 12.0 Å². The number of rotatable bonds is 6. The summed E-state index contributed by atoms with van der Waals surface area (Å²) in [4.78, 5) is 23.4. The smallest absolute Gasteiger partial charge is 0.315 e. The van der Waals surface area contributed by atoms with Gasteiger partial charge in [-0.25, -0.2) is 9.18 Å². The van der Waals surface area contributed by atoms with Gasteiger partial charge in [0.05, 0.1) is 19.4 Å². The van der Waals surface area contributed by atoms with Gasteiger partial charge in [0.15, 0.2) is 0 Å². The highest BCUT2D eigenvalue weighted by Gasteiger charge is 2.39. The molecular weight excluding hydrogens is 313 g/mol. The quantitative estimate of drug-likeness (QED) is 0.756. The minimum absolute atomic E-state index is 0.0296. The molecule has 0 aliphatic heterocycles. The molecule has 0 bridgehead atoms. The van der Waals surface area contributed by atoms with Crippen LogP contribution in [0.5, 0.6) is 0 Å². The first kappa shape index (κ1) is 16.0. The number of nitrogens with one attached hydrogen (secondary N) is 3. The largest absolute Gasteiger partial charge is 0.467 e. The van der Waals surface area contributed by atoms with Crippen LogP contribution >= 0.6 is 0 Å². The molecule has 3 amide bonds. The van der Waals surface area contributed by atoms with Crippen molar-refractivity contribution in [1.82, 2.24) is 16.0 Å². The van der Waals surface area contributed by atoms with E-state index in [0.717, 1.165) is 12.0 Å². The maximum absolute atomic E-state index is 13.2. The molecule has 3 N–H and O–H groups in total. The number of hydrogen-bond donors (Lipinski definition) is 3. The van der Waals surface area contributed by atoms with E-state index in [-0.39, 0.29) is 36.8 Å². The second-order valence-corrected chi connectivity index (χ2v) is 5.69. The highest BCUT2D eigenvalue weighted by molar-refractivity contribution is 5.84. The Bertz CT molecular complexity index is 718. The van der Waals surface area contributed by atoms with E-state index in [4.69, 9.17) is 4.42 Å². The molecule has 6 nitrogen and oxygen atoms in total. The van der Waals surface area contributed by atoms with E-state index in [0.29, 0.717) is 5.76 Å². The highest BCUT2D eigenvalue weighted by atomic mass is 19.1. The lowest BCUT2D eigenvalue weighted by atomic mass is 10.1. The van der Waals surface area contributed by atoms with Gasteiger partial charge in [-0.3, -0.25) is 4.79 Å². The third kappa shape index (κ3) is 4.34. The van der Waals surface area contributed by atoms with Gasteiger partial charge in [-0.05, 0) is 36.2 Å². The lowest BCUT2D eigenvalue weighted by Gasteiger charge is -2.08. The summed E-state index contributed by atoms with van der Waals surface area (Å²) in [6, 6.07) is 9.41. The predicted molar refractivity (Wildman–Crippen MR) is 84.6 cm³/mol.